The first-order valence-electron chi connectivity index (χ1n) is 7.14. The van der Waals surface area contributed by atoms with Crippen LogP contribution in [0.15, 0.2) is 6.07 Å². The zero-order valence-electron chi connectivity index (χ0n) is 13.2. The summed E-state index contributed by atoms with van der Waals surface area (Å²) in [6.07, 6.45) is 0.689. The Morgan fingerprint density at radius 3 is 2.29 bits per heavy atom. The maximum Gasteiger partial charge on any atom is 0.329 e. The third-order valence-electron chi connectivity index (χ3n) is 3.86. The molecule has 0 aliphatic carbocycles. The van der Waals surface area contributed by atoms with Gasteiger partial charge in [0.15, 0.2) is 0 Å². The quantitative estimate of drug-likeness (QED) is 0.753. The predicted molar refractivity (Wildman–Crippen MR) is 84.8 cm³/mol. The van der Waals surface area contributed by atoms with Gasteiger partial charge in [0.1, 0.15) is 5.54 Å². The van der Waals surface area contributed by atoms with Crippen LogP contribution in [0.4, 0.5) is 4.79 Å². The fourth-order valence-electron chi connectivity index (χ4n) is 2.39. The first kappa shape index (κ1) is 17.5. The van der Waals surface area contributed by atoms with E-state index >= 15 is 0 Å². The van der Waals surface area contributed by atoms with Gasteiger partial charge in [-0.15, -0.1) is 11.3 Å². The van der Waals surface area contributed by atoms with Crippen LogP contribution in [-0.2, 0) is 4.79 Å². The molecule has 3 N–H and O–H groups in total. The predicted octanol–water partition coefficient (Wildman–Crippen LogP) is 3.37. The van der Waals surface area contributed by atoms with Crippen molar-refractivity contribution in [2.45, 2.75) is 59.0 Å². The Labute approximate surface area is 129 Å². The molecule has 5 nitrogen and oxygen atoms in total. The second kappa shape index (κ2) is 6.93. The lowest BCUT2D eigenvalue weighted by Crippen LogP contribution is -2.56. The maximum absolute atomic E-state index is 12.1. The third-order valence-corrected chi connectivity index (χ3v) is 4.84. The van der Waals surface area contributed by atoms with Crippen molar-refractivity contribution >= 4 is 23.3 Å². The highest BCUT2D eigenvalue weighted by atomic mass is 32.1. The van der Waals surface area contributed by atoms with Crippen LogP contribution in [0.5, 0.6) is 0 Å². The molecule has 1 unspecified atom stereocenters. The average molecular weight is 312 g/mol. The van der Waals surface area contributed by atoms with E-state index in [-0.39, 0.29) is 6.04 Å². The summed E-state index contributed by atoms with van der Waals surface area (Å²) in [5.74, 6) is -1.00. The minimum absolute atomic E-state index is 0.157. The smallest absolute Gasteiger partial charge is 0.329 e. The summed E-state index contributed by atoms with van der Waals surface area (Å²) in [4.78, 5) is 25.8. The average Bonchev–Trinajstić information content (AvgIpc) is 2.74. The summed E-state index contributed by atoms with van der Waals surface area (Å²) in [5.41, 5.74) is -0.134. The second-order valence-electron chi connectivity index (χ2n) is 5.28. The fourth-order valence-corrected chi connectivity index (χ4v) is 3.41. The first-order chi connectivity index (χ1) is 9.75. The van der Waals surface area contributed by atoms with Crippen LogP contribution >= 0.6 is 11.3 Å². The number of carboxylic acids is 1. The van der Waals surface area contributed by atoms with Gasteiger partial charge in [0.2, 0.25) is 0 Å². The van der Waals surface area contributed by atoms with Gasteiger partial charge in [0.25, 0.3) is 0 Å². The lowest BCUT2D eigenvalue weighted by molar-refractivity contribution is -0.144. The molecule has 2 amide bonds. The number of aliphatic carboxylic acids is 1. The van der Waals surface area contributed by atoms with E-state index < -0.39 is 17.5 Å². The van der Waals surface area contributed by atoms with Gasteiger partial charge in [-0.25, -0.2) is 9.59 Å². The minimum Gasteiger partial charge on any atom is -0.480 e. The minimum atomic E-state index is -1.20. The Morgan fingerprint density at radius 1 is 1.33 bits per heavy atom. The number of nitrogens with one attached hydrogen (secondary N) is 2. The summed E-state index contributed by atoms with van der Waals surface area (Å²) >= 11 is 1.69. The van der Waals surface area contributed by atoms with Gasteiger partial charge in [-0.05, 0) is 45.2 Å². The van der Waals surface area contributed by atoms with E-state index in [2.05, 4.69) is 16.7 Å². The summed E-state index contributed by atoms with van der Waals surface area (Å²) in [7, 11) is 0. The molecule has 0 bridgehead atoms. The van der Waals surface area contributed by atoms with Crippen molar-refractivity contribution in [2.75, 3.05) is 0 Å². The number of urea groups is 1. The van der Waals surface area contributed by atoms with Crippen molar-refractivity contribution in [2.24, 2.45) is 0 Å². The number of thiophene rings is 1. The van der Waals surface area contributed by atoms with E-state index in [0.29, 0.717) is 12.8 Å². The van der Waals surface area contributed by atoms with E-state index in [9.17, 15) is 14.7 Å². The van der Waals surface area contributed by atoms with Crippen LogP contribution in [0.2, 0.25) is 0 Å². The number of carboxylic acid groups (broad SMARTS) is 1. The van der Waals surface area contributed by atoms with Crippen LogP contribution in [-0.4, -0.2) is 22.6 Å². The number of rotatable bonds is 6. The molecule has 0 saturated heterocycles. The number of amides is 2. The lowest BCUT2D eigenvalue weighted by atomic mass is 9.93. The van der Waals surface area contributed by atoms with E-state index in [0.717, 1.165) is 10.4 Å². The fraction of sp³-hybridized carbons (Fsp3) is 0.600. The standard InChI is InChI=1S/C15H24N2O3S/c1-6-15(7-2,13(18)19)17-14(20)16-10(4)12-8-9(3)21-11(12)5/h8,10H,6-7H2,1-5H3,(H,18,19)(H2,16,17,20). The number of carbonyl (C=O) groups is 2. The summed E-state index contributed by atoms with van der Waals surface area (Å²) in [5, 5.41) is 14.8. The first-order valence-corrected chi connectivity index (χ1v) is 7.96. The van der Waals surface area contributed by atoms with Gasteiger partial charge in [-0.2, -0.15) is 0 Å². The SMILES string of the molecule is CCC(CC)(NC(=O)NC(C)c1cc(C)sc1C)C(=O)O. The number of hydrogen-bond acceptors (Lipinski definition) is 3. The molecule has 0 saturated carbocycles. The zero-order chi connectivity index (χ0) is 16.2. The van der Waals surface area contributed by atoms with Crippen LogP contribution in [0.3, 0.4) is 0 Å². The van der Waals surface area contributed by atoms with Crippen LogP contribution in [0.25, 0.3) is 0 Å². The second-order valence-corrected chi connectivity index (χ2v) is 6.74. The summed E-state index contributed by atoms with van der Waals surface area (Å²) < 4.78 is 0. The monoisotopic (exact) mass is 312 g/mol. The highest BCUT2D eigenvalue weighted by Crippen LogP contribution is 2.26. The van der Waals surface area contributed by atoms with Gasteiger partial charge >= 0.3 is 12.0 Å². The Hall–Kier alpha value is -1.56. The molecule has 0 aliphatic rings. The molecule has 0 aliphatic heterocycles. The molecular weight excluding hydrogens is 288 g/mol. The highest BCUT2D eigenvalue weighted by Gasteiger charge is 2.36. The highest BCUT2D eigenvalue weighted by molar-refractivity contribution is 7.12. The van der Waals surface area contributed by atoms with Crippen LogP contribution in [0.1, 0.15) is 55.0 Å². The van der Waals surface area contributed by atoms with Crippen molar-refractivity contribution in [3.8, 4) is 0 Å². The maximum atomic E-state index is 12.1. The van der Waals surface area contributed by atoms with Crippen LogP contribution < -0.4 is 10.6 Å². The van der Waals surface area contributed by atoms with E-state index in [1.165, 1.54) is 4.88 Å². The van der Waals surface area contributed by atoms with Gasteiger partial charge in [0.05, 0.1) is 6.04 Å². The zero-order valence-corrected chi connectivity index (χ0v) is 14.1. The topological polar surface area (TPSA) is 78.4 Å². The molecule has 1 atom stereocenters. The van der Waals surface area contributed by atoms with Crippen LogP contribution in [0, 0.1) is 13.8 Å². The molecule has 1 aromatic rings. The van der Waals surface area contributed by atoms with Crippen molar-refractivity contribution in [1.82, 2.24) is 10.6 Å². The molecule has 0 radical (unpaired) electrons. The summed E-state index contributed by atoms with van der Waals surface area (Å²) in [6.45, 7) is 9.45. The Bertz CT molecular complexity index is 521. The molecule has 0 aromatic carbocycles. The molecule has 0 fully saturated rings. The Balaban J connectivity index is 2.77. The third kappa shape index (κ3) is 3.97. The lowest BCUT2D eigenvalue weighted by Gasteiger charge is -2.29. The number of hydrogen-bond donors (Lipinski definition) is 3. The van der Waals surface area contributed by atoms with E-state index in [1.54, 1.807) is 25.2 Å². The Morgan fingerprint density at radius 2 is 1.90 bits per heavy atom. The summed E-state index contributed by atoms with van der Waals surface area (Å²) in [6, 6.07) is 1.45. The normalized spacial score (nSPS) is 12.8. The largest absolute Gasteiger partial charge is 0.480 e. The van der Waals surface area contributed by atoms with Gasteiger partial charge in [-0.1, -0.05) is 13.8 Å². The number of carbonyl (C=O) groups excluding carboxylic acids is 1. The van der Waals surface area contributed by atoms with Gasteiger partial charge < -0.3 is 15.7 Å². The molecule has 6 heteroatoms. The number of aryl methyl sites for hydroxylation is 2. The van der Waals surface area contributed by atoms with E-state index in [4.69, 9.17) is 0 Å². The van der Waals surface area contributed by atoms with Gasteiger partial charge in [0, 0.05) is 9.75 Å². The van der Waals surface area contributed by atoms with Crippen molar-refractivity contribution in [1.29, 1.82) is 0 Å². The van der Waals surface area contributed by atoms with Gasteiger partial charge in [-0.3, -0.25) is 0 Å². The molecule has 0 spiro atoms. The van der Waals surface area contributed by atoms with Crippen molar-refractivity contribution < 1.29 is 14.7 Å². The molecule has 118 valence electrons. The molecule has 1 heterocycles. The molecule has 1 aromatic heterocycles. The van der Waals surface area contributed by atoms with Crippen molar-refractivity contribution in [3.05, 3.63) is 21.4 Å². The molecular formula is C15H24N2O3S. The molecule has 1 rings (SSSR count). The van der Waals surface area contributed by atoms with E-state index in [1.807, 2.05) is 20.8 Å². The molecule has 21 heavy (non-hydrogen) atoms. The Kier molecular flexibility index (Phi) is 5.78. The van der Waals surface area contributed by atoms with Crippen molar-refractivity contribution in [3.63, 3.8) is 0 Å².